The Bertz CT molecular complexity index is 1060. The Hall–Kier alpha value is -3.83. The Kier molecular flexibility index (Phi) is 13.6. The van der Waals surface area contributed by atoms with E-state index in [0.717, 1.165) is 43.7 Å². The number of benzene rings is 2. The Morgan fingerprint density at radius 2 is 1.79 bits per heavy atom. The van der Waals surface area contributed by atoms with Gasteiger partial charge in [-0.05, 0) is 61.9 Å². The van der Waals surface area contributed by atoms with Crippen molar-refractivity contribution in [1.82, 2.24) is 0 Å². The SMILES string of the molecule is CCOC(Cc1ccc(NCCCN2CCc3ccccc32)cc1)C(=O)O.NC(N)=NCCC[C@H](N)C(=O)O. The number of para-hydroxylation sites is 1. The van der Waals surface area contributed by atoms with Gasteiger partial charge in [-0.1, -0.05) is 30.3 Å². The van der Waals surface area contributed by atoms with Gasteiger partial charge in [-0.3, -0.25) is 9.79 Å². The van der Waals surface area contributed by atoms with Crippen LogP contribution in [0.25, 0.3) is 0 Å². The molecule has 0 amide bonds. The molecule has 2 aromatic rings. The van der Waals surface area contributed by atoms with Crippen molar-refractivity contribution >= 4 is 29.3 Å². The van der Waals surface area contributed by atoms with Gasteiger partial charge in [-0.15, -0.1) is 0 Å². The van der Waals surface area contributed by atoms with Crippen LogP contribution in [0, 0.1) is 0 Å². The van der Waals surface area contributed by atoms with Gasteiger partial charge in [0.05, 0.1) is 0 Å². The highest BCUT2D eigenvalue weighted by Gasteiger charge is 2.18. The molecular weight excluding hydrogens is 500 g/mol. The maximum absolute atomic E-state index is 11.2. The molecule has 0 saturated carbocycles. The van der Waals surface area contributed by atoms with Crippen molar-refractivity contribution in [3.63, 3.8) is 0 Å². The number of guanidine groups is 1. The highest BCUT2D eigenvalue weighted by molar-refractivity contribution is 5.75. The number of fused-ring (bicyclic) bond motifs is 1. The number of aliphatic imine (C=N–C) groups is 1. The third kappa shape index (κ3) is 11.6. The van der Waals surface area contributed by atoms with Crippen LogP contribution in [0.15, 0.2) is 53.5 Å². The molecule has 39 heavy (non-hydrogen) atoms. The molecule has 0 aromatic heterocycles. The van der Waals surface area contributed by atoms with Gasteiger partial charge < -0.3 is 42.4 Å². The van der Waals surface area contributed by atoms with E-state index in [1.807, 2.05) is 31.2 Å². The lowest BCUT2D eigenvalue weighted by Gasteiger charge is -2.19. The molecule has 0 fully saturated rings. The average molecular weight is 543 g/mol. The van der Waals surface area contributed by atoms with Crippen LogP contribution in [-0.2, 0) is 27.2 Å². The molecule has 11 heteroatoms. The lowest BCUT2D eigenvalue weighted by molar-refractivity contribution is -0.150. The van der Waals surface area contributed by atoms with Gasteiger partial charge >= 0.3 is 11.9 Å². The second-order valence-electron chi connectivity index (χ2n) is 9.22. The molecule has 2 aromatic carbocycles. The number of nitrogens with zero attached hydrogens (tertiary/aromatic N) is 2. The van der Waals surface area contributed by atoms with E-state index < -0.39 is 24.1 Å². The van der Waals surface area contributed by atoms with Crippen LogP contribution in [0.3, 0.4) is 0 Å². The largest absolute Gasteiger partial charge is 0.480 e. The molecule has 1 unspecified atom stereocenters. The fraction of sp³-hybridized carbons (Fsp3) is 0.464. The molecule has 1 heterocycles. The topological polar surface area (TPSA) is 190 Å². The van der Waals surface area contributed by atoms with Crippen molar-refractivity contribution in [1.29, 1.82) is 0 Å². The Morgan fingerprint density at radius 1 is 1.08 bits per heavy atom. The standard InChI is InChI=1S/C22H28N2O3.C6H14N4O2/c1-2-27-21(22(25)26)16-17-8-10-19(11-9-17)23-13-5-14-24-15-12-18-6-3-4-7-20(18)24;7-4(5(11)12)2-1-3-10-6(8)9/h3-4,6-11,21,23H,2,5,12-16H2,1H3,(H,25,26);4H,1-3,7H2,(H,11,12)(H4,8,9,10)/t;4-/m.0/s1. The number of ether oxygens (including phenoxy) is 1. The number of aliphatic carboxylic acids is 2. The molecule has 0 bridgehead atoms. The first-order chi connectivity index (χ1) is 18.7. The monoisotopic (exact) mass is 542 g/mol. The lowest BCUT2D eigenvalue weighted by Crippen LogP contribution is -2.30. The number of carboxylic acid groups (broad SMARTS) is 2. The van der Waals surface area contributed by atoms with Crippen LogP contribution < -0.4 is 27.4 Å². The van der Waals surface area contributed by atoms with E-state index in [9.17, 15) is 14.7 Å². The minimum absolute atomic E-state index is 0.0129. The first kappa shape index (κ1) is 31.4. The maximum atomic E-state index is 11.2. The molecule has 0 aliphatic carbocycles. The van der Waals surface area contributed by atoms with Crippen molar-refractivity contribution in [3.05, 3.63) is 59.7 Å². The summed E-state index contributed by atoms with van der Waals surface area (Å²) in [5, 5.41) is 21.0. The summed E-state index contributed by atoms with van der Waals surface area (Å²) in [6, 6.07) is 15.8. The van der Waals surface area contributed by atoms with Crippen molar-refractivity contribution in [2.75, 3.05) is 43.0 Å². The van der Waals surface area contributed by atoms with E-state index in [-0.39, 0.29) is 5.96 Å². The number of nitrogens with two attached hydrogens (primary N) is 3. The van der Waals surface area contributed by atoms with Crippen LogP contribution in [0.5, 0.6) is 0 Å². The zero-order chi connectivity index (χ0) is 28.6. The summed E-state index contributed by atoms with van der Waals surface area (Å²) in [5.41, 5.74) is 20.2. The highest BCUT2D eigenvalue weighted by atomic mass is 16.5. The van der Waals surface area contributed by atoms with E-state index >= 15 is 0 Å². The molecular formula is C28H42N6O5. The summed E-state index contributed by atoms with van der Waals surface area (Å²) >= 11 is 0. The van der Waals surface area contributed by atoms with E-state index in [4.69, 9.17) is 27.0 Å². The summed E-state index contributed by atoms with van der Waals surface area (Å²) in [5.74, 6) is -1.90. The molecule has 3 rings (SSSR count). The summed E-state index contributed by atoms with van der Waals surface area (Å²) in [4.78, 5) is 27.5. The summed E-state index contributed by atoms with van der Waals surface area (Å²) in [7, 11) is 0. The summed E-state index contributed by atoms with van der Waals surface area (Å²) < 4.78 is 5.27. The van der Waals surface area contributed by atoms with Gasteiger partial charge in [0.25, 0.3) is 0 Å². The first-order valence-electron chi connectivity index (χ1n) is 13.2. The van der Waals surface area contributed by atoms with Gasteiger partial charge in [0, 0.05) is 50.6 Å². The molecule has 0 spiro atoms. The van der Waals surface area contributed by atoms with Gasteiger partial charge in [-0.2, -0.15) is 0 Å². The number of nitrogens with one attached hydrogen (secondary N) is 1. The molecule has 0 radical (unpaired) electrons. The van der Waals surface area contributed by atoms with E-state index in [2.05, 4.69) is 39.5 Å². The number of hydrogen-bond acceptors (Lipinski definition) is 7. The lowest BCUT2D eigenvalue weighted by atomic mass is 10.1. The van der Waals surface area contributed by atoms with Gasteiger partial charge in [0.1, 0.15) is 6.04 Å². The van der Waals surface area contributed by atoms with Crippen LogP contribution in [-0.4, -0.2) is 73.0 Å². The first-order valence-corrected chi connectivity index (χ1v) is 13.2. The van der Waals surface area contributed by atoms with Gasteiger partial charge in [0.2, 0.25) is 0 Å². The number of anilines is 2. The van der Waals surface area contributed by atoms with Crippen LogP contribution >= 0.6 is 0 Å². The molecule has 1 aliphatic rings. The average Bonchev–Trinajstić information content (AvgIpc) is 3.33. The van der Waals surface area contributed by atoms with E-state index in [0.29, 0.717) is 32.4 Å². The highest BCUT2D eigenvalue weighted by Crippen LogP contribution is 2.27. The number of carboxylic acids is 2. The van der Waals surface area contributed by atoms with Crippen LogP contribution in [0.1, 0.15) is 37.3 Å². The maximum Gasteiger partial charge on any atom is 0.333 e. The fourth-order valence-electron chi connectivity index (χ4n) is 4.18. The predicted molar refractivity (Wildman–Crippen MR) is 154 cm³/mol. The third-order valence-electron chi connectivity index (χ3n) is 6.22. The Labute approximate surface area is 230 Å². The smallest absolute Gasteiger partial charge is 0.333 e. The zero-order valence-corrected chi connectivity index (χ0v) is 22.6. The van der Waals surface area contributed by atoms with Crippen molar-refractivity contribution < 1.29 is 24.5 Å². The van der Waals surface area contributed by atoms with Gasteiger partial charge in [0.15, 0.2) is 12.1 Å². The molecule has 214 valence electrons. The zero-order valence-electron chi connectivity index (χ0n) is 22.6. The molecule has 1 aliphatic heterocycles. The van der Waals surface area contributed by atoms with Crippen LogP contribution in [0.4, 0.5) is 11.4 Å². The second kappa shape index (κ2) is 16.9. The minimum atomic E-state index is -1.00. The second-order valence-corrected chi connectivity index (χ2v) is 9.22. The van der Waals surface area contributed by atoms with E-state index in [1.165, 1.54) is 11.3 Å². The van der Waals surface area contributed by atoms with Crippen molar-refractivity contribution in [2.45, 2.75) is 51.2 Å². The quantitative estimate of drug-likeness (QED) is 0.110. The molecule has 11 nitrogen and oxygen atoms in total. The van der Waals surface area contributed by atoms with E-state index in [1.54, 1.807) is 0 Å². The molecule has 2 atom stereocenters. The summed E-state index contributed by atoms with van der Waals surface area (Å²) in [6.07, 6.45) is 2.78. The van der Waals surface area contributed by atoms with Crippen molar-refractivity contribution in [2.24, 2.45) is 22.2 Å². The van der Waals surface area contributed by atoms with Crippen molar-refractivity contribution in [3.8, 4) is 0 Å². The normalized spacial score (nSPS) is 13.4. The molecule has 9 N–H and O–H groups in total. The Morgan fingerprint density at radius 3 is 2.44 bits per heavy atom. The number of carbonyl (C=O) groups is 2. The number of hydrogen-bond donors (Lipinski definition) is 6. The minimum Gasteiger partial charge on any atom is -0.480 e. The number of rotatable bonds is 15. The summed E-state index contributed by atoms with van der Waals surface area (Å²) in [6.45, 7) is 5.70. The van der Waals surface area contributed by atoms with Gasteiger partial charge in [-0.25, -0.2) is 4.79 Å². The Balaban J connectivity index is 0.000000377. The molecule has 0 saturated heterocycles. The fourth-order valence-corrected chi connectivity index (χ4v) is 4.18. The predicted octanol–water partition coefficient (Wildman–Crippen LogP) is 2.04. The van der Waals surface area contributed by atoms with Crippen LogP contribution in [0.2, 0.25) is 0 Å². The third-order valence-corrected chi connectivity index (χ3v) is 6.22.